The van der Waals surface area contributed by atoms with Crippen LogP contribution >= 0.6 is 38.9 Å². The zero-order chi connectivity index (χ0) is 11.7. The minimum Gasteiger partial charge on any atom is -0.378 e. The number of rotatable bonds is 3. The van der Waals surface area contributed by atoms with Gasteiger partial charge in [0.2, 0.25) is 0 Å². The van der Waals surface area contributed by atoms with Crippen LogP contribution < -0.4 is 5.32 Å². The van der Waals surface area contributed by atoms with Gasteiger partial charge in [-0.3, -0.25) is 0 Å². The lowest BCUT2D eigenvalue weighted by molar-refractivity contribution is 0.117. The van der Waals surface area contributed by atoms with E-state index < -0.39 is 0 Å². The first-order valence-corrected chi connectivity index (χ1v) is 7.34. The average molecular weight is 325 g/mol. The third-order valence-corrected chi connectivity index (χ3v) is 5.54. The van der Waals surface area contributed by atoms with Gasteiger partial charge >= 0.3 is 0 Å². The van der Waals surface area contributed by atoms with E-state index >= 15 is 0 Å². The maximum Gasteiger partial charge on any atom is 0.0887 e. The molecule has 0 amide bonds. The number of thiophene rings is 1. The molecule has 5 heteroatoms. The second-order valence-electron chi connectivity index (χ2n) is 4.18. The lowest BCUT2D eigenvalue weighted by atomic mass is 9.96. The molecule has 0 radical (unpaired) electrons. The Labute approximate surface area is 113 Å². The van der Waals surface area contributed by atoms with E-state index in [-0.39, 0.29) is 0 Å². The van der Waals surface area contributed by atoms with Gasteiger partial charge in [-0.05, 0) is 42.4 Å². The summed E-state index contributed by atoms with van der Waals surface area (Å²) >= 11 is 11.2. The maximum atomic E-state index is 6.07. The summed E-state index contributed by atoms with van der Waals surface area (Å²) in [6.45, 7) is 2.96. The van der Waals surface area contributed by atoms with E-state index in [1.165, 1.54) is 4.88 Å². The van der Waals surface area contributed by atoms with Gasteiger partial charge in [-0.25, -0.2) is 0 Å². The number of hydrogen-bond acceptors (Lipinski definition) is 3. The first-order chi connectivity index (χ1) is 7.61. The third-order valence-electron chi connectivity index (χ3n) is 2.98. The highest BCUT2D eigenvalue weighted by Gasteiger charge is 2.30. The normalized spacial score (nSPS) is 27.2. The Hall–Kier alpha value is 0.390. The summed E-state index contributed by atoms with van der Waals surface area (Å²) < 4.78 is 6.64. The molecule has 1 N–H and O–H groups in total. The highest BCUT2D eigenvalue weighted by molar-refractivity contribution is 9.11. The van der Waals surface area contributed by atoms with Crippen molar-refractivity contribution in [1.29, 1.82) is 0 Å². The van der Waals surface area contributed by atoms with Crippen LogP contribution in [0.3, 0.4) is 0 Å². The second kappa shape index (κ2) is 5.36. The van der Waals surface area contributed by atoms with Crippen molar-refractivity contribution < 1.29 is 4.74 Å². The van der Waals surface area contributed by atoms with Gasteiger partial charge < -0.3 is 10.1 Å². The predicted octanol–water partition coefficient (Wildman–Crippen LogP) is 3.85. The zero-order valence-electron chi connectivity index (χ0n) is 9.30. The van der Waals surface area contributed by atoms with Crippen LogP contribution in [-0.4, -0.2) is 19.8 Å². The van der Waals surface area contributed by atoms with Gasteiger partial charge in [0.15, 0.2) is 0 Å². The molecule has 1 aromatic rings. The summed E-state index contributed by atoms with van der Waals surface area (Å²) in [5.74, 6) is 0.543. The van der Waals surface area contributed by atoms with Gasteiger partial charge in [-0.15, -0.1) is 11.3 Å². The Balaban J connectivity index is 2.16. The second-order valence-corrected chi connectivity index (χ2v) is 6.99. The molecule has 0 aromatic carbocycles. The first-order valence-electron chi connectivity index (χ1n) is 5.35. The van der Waals surface area contributed by atoms with Crippen molar-refractivity contribution in [2.24, 2.45) is 5.92 Å². The number of halogens is 2. The topological polar surface area (TPSA) is 21.3 Å². The molecular formula is C11H15BrClNOS. The Morgan fingerprint density at radius 3 is 2.88 bits per heavy atom. The summed E-state index contributed by atoms with van der Waals surface area (Å²) in [5.41, 5.74) is 0. The molecule has 1 aliphatic rings. The van der Waals surface area contributed by atoms with E-state index in [0.717, 1.165) is 21.8 Å². The molecule has 2 nitrogen and oxygen atoms in total. The standard InChI is InChI=1S/C11H15BrClNOS/c1-6-3-7(5-15-6)10(14-2)9-4-8(13)11(12)16-9/h4,6-7,10,14H,3,5H2,1-2H3. The minimum absolute atomic E-state index is 0.346. The van der Waals surface area contributed by atoms with Crippen molar-refractivity contribution in [3.63, 3.8) is 0 Å². The fourth-order valence-corrected chi connectivity index (χ4v) is 4.16. The highest BCUT2D eigenvalue weighted by atomic mass is 79.9. The van der Waals surface area contributed by atoms with Crippen LogP contribution in [-0.2, 0) is 4.74 Å². The molecule has 3 atom stereocenters. The fraction of sp³-hybridized carbons (Fsp3) is 0.636. The average Bonchev–Trinajstić information content (AvgIpc) is 2.77. The molecule has 90 valence electrons. The van der Waals surface area contributed by atoms with Crippen LogP contribution in [0.4, 0.5) is 0 Å². The van der Waals surface area contributed by atoms with E-state index in [1.54, 1.807) is 11.3 Å². The van der Waals surface area contributed by atoms with Crippen molar-refractivity contribution >= 4 is 38.9 Å². The molecular weight excluding hydrogens is 310 g/mol. The van der Waals surface area contributed by atoms with Crippen LogP contribution in [0.25, 0.3) is 0 Å². The monoisotopic (exact) mass is 323 g/mol. The summed E-state index contributed by atoms with van der Waals surface area (Å²) in [5, 5.41) is 4.17. The summed E-state index contributed by atoms with van der Waals surface area (Å²) in [6, 6.07) is 2.39. The predicted molar refractivity (Wildman–Crippen MR) is 72.4 cm³/mol. The quantitative estimate of drug-likeness (QED) is 0.912. The number of nitrogens with one attached hydrogen (secondary N) is 1. The molecule has 0 aliphatic carbocycles. The summed E-state index contributed by atoms with van der Waals surface area (Å²) in [7, 11) is 2.00. The van der Waals surface area contributed by atoms with Crippen molar-refractivity contribution in [1.82, 2.24) is 5.32 Å². The van der Waals surface area contributed by atoms with E-state index in [1.807, 2.05) is 13.1 Å². The van der Waals surface area contributed by atoms with E-state index in [2.05, 4.69) is 28.2 Å². The Kier molecular flexibility index (Phi) is 4.30. The Morgan fingerprint density at radius 2 is 2.44 bits per heavy atom. The van der Waals surface area contributed by atoms with Gasteiger partial charge in [0, 0.05) is 16.8 Å². The van der Waals surface area contributed by atoms with Crippen LogP contribution in [0.15, 0.2) is 9.85 Å². The third kappa shape index (κ3) is 2.62. The number of hydrogen-bond donors (Lipinski definition) is 1. The van der Waals surface area contributed by atoms with Gasteiger partial charge in [-0.2, -0.15) is 0 Å². The molecule has 1 aromatic heterocycles. The van der Waals surface area contributed by atoms with Gasteiger partial charge in [0.1, 0.15) is 0 Å². The maximum absolute atomic E-state index is 6.07. The molecule has 2 rings (SSSR count). The molecule has 0 bridgehead atoms. The van der Waals surface area contributed by atoms with E-state index in [9.17, 15) is 0 Å². The SMILES string of the molecule is CNC(c1cc(Cl)c(Br)s1)C1COC(C)C1. The van der Waals surface area contributed by atoms with Gasteiger partial charge in [-0.1, -0.05) is 11.6 Å². The van der Waals surface area contributed by atoms with E-state index in [4.69, 9.17) is 16.3 Å². The van der Waals surface area contributed by atoms with Crippen LogP contribution in [0.1, 0.15) is 24.3 Å². The summed E-state index contributed by atoms with van der Waals surface area (Å²) in [4.78, 5) is 1.28. The first kappa shape index (κ1) is 12.8. The van der Waals surface area contributed by atoms with Crippen LogP contribution in [0.5, 0.6) is 0 Å². The van der Waals surface area contributed by atoms with Crippen LogP contribution in [0, 0.1) is 5.92 Å². The Morgan fingerprint density at radius 1 is 1.69 bits per heavy atom. The minimum atomic E-state index is 0.346. The number of ether oxygens (including phenoxy) is 1. The largest absolute Gasteiger partial charge is 0.378 e. The van der Waals surface area contributed by atoms with Crippen LogP contribution in [0.2, 0.25) is 5.02 Å². The van der Waals surface area contributed by atoms with E-state index in [0.29, 0.717) is 18.1 Å². The van der Waals surface area contributed by atoms with Crippen molar-refractivity contribution in [2.45, 2.75) is 25.5 Å². The van der Waals surface area contributed by atoms with Gasteiger partial charge in [0.05, 0.1) is 21.5 Å². The zero-order valence-corrected chi connectivity index (χ0v) is 12.5. The molecule has 2 heterocycles. The molecule has 1 fully saturated rings. The Bertz CT molecular complexity index is 351. The molecule has 3 unspecified atom stereocenters. The highest BCUT2D eigenvalue weighted by Crippen LogP contribution is 2.40. The lowest BCUT2D eigenvalue weighted by Gasteiger charge is -2.20. The molecule has 0 saturated carbocycles. The summed E-state index contributed by atoms with van der Waals surface area (Å²) in [6.07, 6.45) is 1.48. The molecule has 1 saturated heterocycles. The van der Waals surface area contributed by atoms with Crippen molar-refractivity contribution in [3.8, 4) is 0 Å². The van der Waals surface area contributed by atoms with Gasteiger partial charge in [0.25, 0.3) is 0 Å². The fourth-order valence-electron chi connectivity index (χ4n) is 2.21. The molecule has 0 spiro atoms. The smallest absolute Gasteiger partial charge is 0.0887 e. The molecule has 16 heavy (non-hydrogen) atoms. The van der Waals surface area contributed by atoms with Crippen molar-refractivity contribution in [3.05, 3.63) is 19.8 Å². The molecule has 1 aliphatic heterocycles. The lowest BCUT2D eigenvalue weighted by Crippen LogP contribution is -2.24. The van der Waals surface area contributed by atoms with Crippen molar-refractivity contribution in [2.75, 3.05) is 13.7 Å².